The van der Waals surface area contributed by atoms with E-state index in [4.69, 9.17) is 5.73 Å². The average Bonchev–Trinajstić information content (AvgIpc) is 2.26. The molecule has 1 unspecified atom stereocenters. The molecule has 3 N–H and O–H groups in total. The third kappa shape index (κ3) is 4.11. The first-order valence-corrected chi connectivity index (χ1v) is 5.51. The first kappa shape index (κ1) is 15.7. The number of rotatable bonds is 5. The van der Waals surface area contributed by atoms with Gasteiger partial charge in [0, 0.05) is 18.5 Å². The fraction of sp³-hybridized carbons (Fsp3) is 0.364. The molecule has 0 aromatic heterocycles. The molecule has 1 atom stereocenters. The molecule has 1 amide bonds. The normalized spacial score (nSPS) is 12.8. The third-order valence-electron chi connectivity index (χ3n) is 2.43. The fourth-order valence-corrected chi connectivity index (χ4v) is 1.60. The van der Waals surface area contributed by atoms with Gasteiger partial charge in [0.15, 0.2) is 0 Å². The van der Waals surface area contributed by atoms with Crippen molar-refractivity contribution in [1.82, 2.24) is 0 Å². The zero-order valence-corrected chi connectivity index (χ0v) is 10.4. The van der Waals surface area contributed by atoms with E-state index in [2.05, 4.69) is 5.32 Å². The summed E-state index contributed by atoms with van der Waals surface area (Å²) >= 11 is 0. The summed E-state index contributed by atoms with van der Waals surface area (Å²) in [5, 5.41) is 13.4. The van der Waals surface area contributed by atoms with Gasteiger partial charge >= 0.3 is 6.18 Å². The van der Waals surface area contributed by atoms with E-state index < -0.39 is 34.3 Å². The zero-order valence-electron chi connectivity index (χ0n) is 10.4. The van der Waals surface area contributed by atoms with Gasteiger partial charge in [0.2, 0.25) is 5.91 Å². The number of nitrogens with zero attached hydrogens (tertiary/aromatic N) is 1. The summed E-state index contributed by atoms with van der Waals surface area (Å²) in [7, 11) is 0. The molecule has 20 heavy (non-hydrogen) atoms. The molecule has 1 rings (SSSR count). The molecule has 0 radical (unpaired) electrons. The predicted octanol–water partition coefficient (Wildman–Crippen LogP) is 2.29. The average molecular weight is 291 g/mol. The number of hydrogen-bond acceptors (Lipinski definition) is 4. The Morgan fingerprint density at radius 1 is 1.50 bits per heavy atom. The van der Waals surface area contributed by atoms with Gasteiger partial charge in [0.05, 0.1) is 10.5 Å². The number of nitrogens with two attached hydrogens (primary N) is 1. The fourth-order valence-electron chi connectivity index (χ4n) is 1.60. The molecule has 6 nitrogen and oxygen atoms in total. The Hall–Kier alpha value is -2.32. The first-order chi connectivity index (χ1) is 9.11. The lowest BCUT2D eigenvalue weighted by Crippen LogP contribution is -2.24. The number of nitrogens with one attached hydrogen (secondary N) is 1. The number of benzene rings is 1. The highest BCUT2D eigenvalue weighted by Gasteiger charge is 2.33. The number of alkyl halides is 3. The summed E-state index contributed by atoms with van der Waals surface area (Å²) in [6.07, 6.45) is -4.76. The molecule has 0 saturated heterocycles. The molecule has 110 valence electrons. The van der Waals surface area contributed by atoms with Crippen LogP contribution in [0.4, 0.5) is 24.5 Å². The van der Waals surface area contributed by atoms with Crippen molar-refractivity contribution in [3.63, 3.8) is 0 Å². The van der Waals surface area contributed by atoms with Gasteiger partial charge in [-0.05, 0) is 19.1 Å². The van der Waals surface area contributed by atoms with Crippen LogP contribution < -0.4 is 11.1 Å². The Bertz CT molecular complexity index is 531. The van der Waals surface area contributed by atoms with E-state index in [0.717, 1.165) is 12.1 Å². The van der Waals surface area contributed by atoms with E-state index in [1.165, 1.54) is 6.92 Å². The maximum atomic E-state index is 12.5. The number of nitro benzene ring substituents is 1. The van der Waals surface area contributed by atoms with Crippen molar-refractivity contribution in [2.24, 2.45) is 5.73 Å². The number of primary amides is 1. The van der Waals surface area contributed by atoms with Crippen molar-refractivity contribution in [3.05, 3.63) is 33.9 Å². The lowest BCUT2D eigenvalue weighted by atomic mass is 10.1. The highest BCUT2D eigenvalue weighted by Crippen LogP contribution is 2.35. The van der Waals surface area contributed by atoms with Crippen LogP contribution in [0.3, 0.4) is 0 Å². The second-order valence-corrected chi connectivity index (χ2v) is 4.20. The topological polar surface area (TPSA) is 98.3 Å². The van der Waals surface area contributed by atoms with Crippen molar-refractivity contribution >= 4 is 17.3 Å². The molecular weight excluding hydrogens is 279 g/mol. The summed E-state index contributed by atoms with van der Waals surface area (Å²) < 4.78 is 37.5. The van der Waals surface area contributed by atoms with E-state index in [9.17, 15) is 28.1 Å². The minimum atomic E-state index is -4.66. The molecule has 0 fully saturated rings. The van der Waals surface area contributed by atoms with Crippen LogP contribution in [0, 0.1) is 10.1 Å². The van der Waals surface area contributed by atoms with Gasteiger partial charge in [-0.25, -0.2) is 0 Å². The smallest absolute Gasteiger partial charge is 0.377 e. The minimum absolute atomic E-state index is 0.0990. The van der Waals surface area contributed by atoms with Crippen molar-refractivity contribution in [1.29, 1.82) is 0 Å². The van der Waals surface area contributed by atoms with Crippen LogP contribution in [-0.4, -0.2) is 16.9 Å². The maximum Gasteiger partial charge on any atom is 0.416 e. The Labute approximate surface area is 111 Å². The van der Waals surface area contributed by atoms with Crippen molar-refractivity contribution in [3.8, 4) is 0 Å². The van der Waals surface area contributed by atoms with Crippen LogP contribution in [0.5, 0.6) is 0 Å². The molecule has 0 spiro atoms. The summed E-state index contributed by atoms with van der Waals surface area (Å²) in [6, 6.07) is 1.59. The van der Waals surface area contributed by atoms with Crippen LogP contribution in [0.15, 0.2) is 18.2 Å². The van der Waals surface area contributed by atoms with Gasteiger partial charge in [-0.2, -0.15) is 13.2 Å². The van der Waals surface area contributed by atoms with E-state index in [-0.39, 0.29) is 12.1 Å². The molecule has 0 aliphatic carbocycles. The number of amides is 1. The standard InChI is InChI=1S/C11H12F3N3O3/c1-6(4-10(15)18)16-8-3-2-7(11(12,13)14)5-9(8)17(19)20/h2-3,5-6,16H,4H2,1H3,(H2,15,18). The second kappa shape index (κ2) is 5.76. The van der Waals surface area contributed by atoms with Crippen LogP contribution in [0.1, 0.15) is 18.9 Å². The number of hydrogen-bond donors (Lipinski definition) is 2. The SMILES string of the molecule is CC(CC(N)=O)Nc1ccc(C(F)(F)F)cc1[N+](=O)[O-]. The molecule has 0 heterocycles. The zero-order chi connectivity index (χ0) is 15.5. The molecule has 1 aromatic rings. The third-order valence-corrected chi connectivity index (χ3v) is 2.43. The van der Waals surface area contributed by atoms with Crippen LogP contribution in [0.2, 0.25) is 0 Å². The highest BCUT2D eigenvalue weighted by atomic mass is 19.4. The monoisotopic (exact) mass is 291 g/mol. The lowest BCUT2D eigenvalue weighted by molar-refractivity contribution is -0.384. The summed E-state index contributed by atoms with van der Waals surface area (Å²) in [4.78, 5) is 20.6. The van der Waals surface area contributed by atoms with E-state index in [1.807, 2.05) is 0 Å². The van der Waals surface area contributed by atoms with Gasteiger partial charge in [-0.15, -0.1) is 0 Å². The highest BCUT2D eigenvalue weighted by molar-refractivity contribution is 5.75. The molecule has 9 heteroatoms. The molecular formula is C11H12F3N3O3. The van der Waals surface area contributed by atoms with Crippen LogP contribution in [0.25, 0.3) is 0 Å². The largest absolute Gasteiger partial charge is 0.416 e. The van der Waals surface area contributed by atoms with Crippen LogP contribution in [-0.2, 0) is 11.0 Å². The van der Waals surface area contributed by atoms with Gasteiger partial charge in [0.1, 0.15) is 5.69 Å². The molecule has 0 saturated carbocycles. The van der Waals surface area contributed by atoms with E-state index in [0.29, 0.717) is 6.07 Å². The number of nitro groups is 1. The second-order valence-electron chi connectivity index (χ2n) is 4.20. The molecule has 0 aliphatic rings. The van der Waals surface area contributed by atoms with Gasteiger partial charge < -0.3 is 11.1 Å². The molecule has 0 bridgehead atoms. The van der Waals surface area contributed by atoms with Gasteiger partial charge in [-0.3, -0.25) is 14.9 Å². The number of halogens is 3. The molecule has 0 aliphatic heterocycles. The lowest BCUT2D eigenvalue weighted by Gasteiger charge is -2.14. The summed E-state index contributed by atoms with van der Waals surface area (Å²) in [6.45, 7) is 1.53. The number of anilines is 1. The predicted molar refractivity (Wildman–Crippen MR) is 65.0 cm³/mol. The van der Waals surface area contributed by atoms with E-state index >= 15 is 0 Å². The van der Waals surface area contributed by atoms with Crippen molar-refractivity contribution in [2.75, 3.05) is 5.32 Å². The number of carbonyl (C=O) groups excluding carboxylic acids is 1. The van der Waals surface area contributed by atoms with Crippen molar-refractivity contribution < 1.29 is 22.9 Å². The Morgan fingerprint density at radius 3 is 2.55 bits per heavy atom. The minimum Gasteiger partial charge on any atom is -0.377 e. The quantitative estimate of drug-likeness (QED) is 0.642. The van der Waals surface area contributed by atoms with Crippen molar-refractivity contribution in [2.45, 2.75) is 25.6 Å². The Balaban J connectivity index is 3.08. The number of carbonyl (C=O) groups is 1. The Kier molecular flexibility index (Phi) is 4.53. The Morgan fingerprint density at radius 2 is 2.10 bits per heavy atom. The summed E-state index contributed by atoms with van der Waals surface area (Å²) in [5.41, 5.74) is 3.04. The van der Waals surface area contributed by atoms with Crippen LogP contribution >= 0.6 is 0 Å². The van der Waals surface area contributed by atoms with Gasteiger partial charge in [0.25, 0.3) is 5.69 Å². The maximum absolute atomic E-state index is 12.5. The summed E-state index contributed by atoms with van der Waals surface area (Å²) in [5.74, 6) is -0.625. The first-order valence-electron chi connectivity index (χ1n) is 5.51. The molecule has 1 aromatic carbocycles. The van der Waals surface area contributed by atoms with E-state index in [1.54, 1.807) is 0 Å². The van der Waals surface area contributed by atoms with Gasteiger partial charge in [-0.1, -0.05) is 0 Å².